The van der Waals surface area contributed by atoms with Crippen LogP contribution in [-0.4, -0.2) is 28.0 Å². The van der Waals surface area contributed by atoms with Crippen LogP contribution >= 0.6 is 11.3 Å². The minimum Gasteiger partial charge on any atom is -0.351 e. The highest BCUT2D eigenvalue weighted by atomic mass is 32.1. The molecule has 2 amide bonds. The van der Waals surface area contributed by atoms with E-state index in [1.165, 1.54) is 6.42 Å². The molecule has 3 heterocycles. The largest absolute Gasteiger partial charge is 0.351 e. The van der Waals surface area contributed by atoms with Crippen LogP contribution < -0.4 is 10.2 Å². The number of nitrogens with one attached hydrogen (secondary N) is 1. The summed E-state index contributed by atoms with van der Waals surface area (Å²) in [5.41, 5.74) is 2.56. The molecule has 5 nitrogen and oxygen atoms in total. The number of amides is 2. The molecule has 3 atom stereocenters. The third kappa shape index (κ3) is 3.28. The molecular formula is C25H29N3O2S. The first-order chi connectivity index (χ1) is 14.9. The molecule has 6 heteroatoms. The van der Waals surface area contributed by atoms with Gasteiger partial charge in [0.2, 0.25) is 5.91 Å². The van der Waals surface area contributed by atoms with Gasteiger partial charge in [-0.05, 0) is 62.3 Å². The van der Waals surface area contributed by atoms with Gasteiger partial charge in [-0.25, -0.2) is 0 Å². The summed E-state index contributed by atoms with van der Waals surface area (Å²) in [6, 6.07) is 12.1. The first kappa shape index (κ1) is 20.3. The maximum atomic E-state index is 13.8. The molecule has 5 rings (SSSR count). The van der Waals surface area contributed by atoms with E-state index in [-0.39, 0.29) is 17.9 Å². The first-order valence-electron chi connectivity index (χ1n) is 11.2. The maximum Gasteiger partial charge on any atom is 0.275 e. The molecule has 0 radical (unpaired) electrons. The van der Waals surface area contributed by atoms with Gasteiger partial charge in [0.05, 0.1) is 16.8 Å². The molecule has 3 aromatic rings. The van der Waals surface area contributed by atoms with Crippen molar-refractivity contribution in [1.29, 1.82) is 0 Å². The quantitative estimate of drug-likeness (QED) is 0.620. The lowest BCUT2D eigenvalue weighted by Gasteiger charge is -2.45. The van der Waals surface area contributed by atoms with Crippen molar-refractivity contribution in [3.05, 3.63) is 53.0 Å². The van der Waals surface area contributed by atoms with Gasteiger partial charge < -0.3 is 9.88 Å². The van der Waals surface area contributed by atoms with E-state index in [1.807, 2.05) is 60.2 Å². The van der Waals surface area contributed by atoms with Gasteiger partial charge in [0.25, 0.3) is 5.91 Å². The minimum absolute atomic E-state index is 0.0668. The van der Waals surface area contributed by atoms with Crippen LogP contribution in [0.2, 0.25) is 0 Å². The zero-order chi connectivity index (χ0) is 21.8. The van der Waals surface area contributed by atoms with Crippen molar-refractivity contribution in [2.75, 3.05) is 4.90 Å². The molecule has 0 spiro atoms. The van der Waals surface area contributed by atoms with Gasteiger partial charge in [0, 0.05) is 11.7 Å². The van der Waals surface area contributed by atoms with Gasteiger partial charge in [-0.3, -0.25) is 14.5 Å². The highest BCUT2D eigenvalue weighted by Crippen LogP contribution is 2.37. The molecule has 1 aromatic carbocycles. The van der Waals surface area contributed by atoms with Gasteiger partial charge in [0.1, 0.15) is 11.2 Å². The Morgan fingerprint density at radius 1 is 1.16 bits per heavy atom. The highest BCUT2D eigenvalue weighted by molar-refractivity contribution is 7.17. The third-order valence-electron chi connectivity index (χ3n) is 7.11. The first-order valence-corrected chi connectivity index (χ1v) is 12.1. The van der Waals surface area contributed by atoms with E-state index in [1.54, 1.807) is 16.2 Å². The molecule has 1 aliphatic carbocycles. The van der Waals surface area contributed by atoms with E-state index in [0.29, 0.717) is 18.2 Å². The highest BCUT2D eigenvalue weighted by Gasteiger charge is 2.49. The Kier molecular flexibility index (Phi) is 4.93. The number of benzene rings is 1. The zero-order valence-electron chi connectivity index (χ0n) is 18.4. The Bertz CT molecular complexity index is 1150. The molecule has 162 valence electrons. The smallest absolute Gasteiger partial charge is 0.275 e. The van der Waals surface area contributed by atoms with E-state index in [9.17, 15) is 9.59 Å². The molecule has 31 heavy (non-hydrogen) atoms. The zero-order valence-corrected chi connectivity index (χ0v) is 19.2. The topological polar surface area (TPSA) is 54.3 Å². The molecule has 2 aromatic heterocycles. The number of thiophene rings is 1. The van der Waals surface area contributed by atoms with E-state index in [4.69, 9.17) is 0 Å². The Morgan fingerprint density at radius 2 is 1.90 bits per heavy atom. The van der Waals surface area contributed by atoms with E-state index in [0.717, 1.165) is 40.7 Å². The van der Waals surface area contributed by atoms with Gasteiger partial charge in [-0.2, -0.15) is 0 Å². The van der Waals surface area contributed by atoms with Crippen molar-refractivity contribution < 1.29 is 9.59 Å². The second kappa shape index (κ2) is 7.52. The average Bonchev–Trinajstić information content (AvgIpc) is 3.33. The average molecular weight is 436 g/mol. The summed E-state index contributed by atoms with van der Waals surface area (Å²) >= 11 is 1.63. The van der Waals surface area contributed by atoms with Crippen LogP contribution in [0, 0.1) is 12.8 Å². The van der Waals surface area contributed by atoms with E-state index >= 15 is 0 Å². The number of fused-ring (bicyclic) bond motifs is 3. The molecule has 0 bridgehead atoms. The minimum atomic E-state index is -1.01. The van der Waals surface area contributed by atoms with E-state index in [2.05, 4.69) is 12.2 Å². The van der Waals surface area contributed by atoms with Crippen molar-refractivity contribution in [3.8, 4) is 0 Å². The van der Waals surface area contributed by atoms with E-state index < -0.39 is 5.54 Å². The van der Waals surface area contributed by atoms with Gasteiger partial charge in [-0.1, -0.05) is 37.5 Å². The summed E-state index contributed by atoms with van der Waals surface area (Å²) in [4.78, 5) is 29.3. The van der Waals surface area contributed by atoms with Crippen LogP contribution in [0.3, 0.4) is 0 Å². The molecule has 2 aliphatic rings. The molecular weight excluding hydrogens is 406 g/mol. The fourth-order valence-corrected chi connectivity index (χ4v) is 5.99. The molecule has 1 fully saturated rings. The fraction of sp³-hybridized carbons (Fsp3) is 0.440. The molecule has 1 N–H and O–H groups in total. The molecule has 1 aliphatic heterocycles. The number of nitrogens with zero attached hydrogens (tertiary/aromatic N) is 2. The molecule has 1 saturated carbocycles. The van der Waals surface area contributed by atoms with Crippen molar-refractivity contribution in [2.24, 2.45) is 5.92 Å². The number of aromatic nitrogens is 1. The maximum absolute atomic E-state index is 13.8. The van der Waals surface area contributed by atoms with Crippen LogP contribution in [0.1, 0.15) is 55.6 Å². The number of carbonyl (C=O) groups excluding carboxylic acids is 2. The third-order valence-corrected chi connectivity index (χ3v) is 7.97. The summed E-state index contributed by atoms with van der Waals surface area (Å²) in [6.45, 7) is 6.59. The Balaban J connectivity index is 1.59. The lowest BCUT2D eigenvalue weighted by atomic mass is 9.84. The number of carbonyl (C=O) groups is 2. The molecule has 0 saturated heterocycles. The summed E-state index contributed by atoms with van der Waals surface area (Å²) in [5, 5.41) is 5.37. The van der Waals surface area contributed by atoms with Crippen LogP contribution in [0.5, 0.6) is 0 Å². The Hall–Kier alpha value is -2.60. The number of hydrogen-bond donors (Lipinski definition) is 1. The molecule has 0 unspecified atom stereocenters. The Labute approximate surface area is 187 Å². The number of hydrogen-bond acceptors (Lipinski definition) is 3. The lowest BCUT2D eigenvalue weighted by molar-refractivity contribution is -0.127. The number of anilines is 1. The number of aryl methyl sites for hydroxylation is 1. The van der Waals surface area contributed by atoms with Crippen LogP contribution in [0.25, 0.3) is 10.2 Å². The van der Waals surface area contributed by atoms with Gasteiger partial charge in [-0.15, -0.1) is 11.3 Å². The second-order valence-corrected chi connectivity index (χ2v) is 10.3. The summed E-state index contributed by atoms with van der Waals surface area (Å²) in [5.74, 6) is 0.273. The lowest BCUT2D eigenvalue weighted by Crippen LogP contribution is -2.65. The van der Waals surface area contributed by atoms with Crippen molar-refractivity contribution >= 4 is 39.1 Å². The van der Waals surface area contributed by atoms with Crippen LogP contribution in [0.4, 0.5) is 5.69 Å². The van der Waals surface area contributed by atoms with Crippen LogP contribution in [-0.2, 0) is 11.3 Å². The summed E-state index contributed by atoms with van der Waals surface area (Å²) in [6.07, 6.45) is 4.51. The standard InChI is InChI=1S/C25H29N3O2S/c1-16-8-10-18(11-9-16)28-23(29)21-14-22-20(12-13-31-22)27(21)15-25(28,3)24(30)26-19-7-5-4-6-17(19)2/h8-14,17,19H,4-7,15H2,1-3H3,(H,26,30)/t17-,19-,25-/m1/s1. The van der Waals surface area contributed by atoms with Crippen molar-refractivity contribution in [3.63, 3.8) is 0 Å². The second-order valence-electron chi connectivity index (χ2n) is 9.38. The predicted octanol–water partition coefficient (Wildman–Crippen LogP) is 5.13. The Morgan fingerprint density at radius 3 is 2.65 bits per heavy atom. The normalized spacial score (nSPS) is 26.2. The van der Waals surface area contributed by atoms with Gasteiger partial charge >= 0.3 is 0 Å². The summed E-state index contributed by atoms with van der Waals surface area (Å²) < 4.78 is 3.11. The SMILES string of the molecule is Cc1ccc(N2C(=O)c3cc4sccc4n3C[C@]2(C)C(=O)N[C@@H]2CCCC[C@H]2C)cc1. The monoisotopic (exact) mass is 435 g/mol. The number of rotatable bonds is 3. The van der Waals surface area contributed by atoms with Crippen LogP contribution in [0.15, 0.2) is 41.8 Å². The van der Waals surface area contributed by atoms with Gasteiger partial charge in [0.15, 0.2) is 0 Å². The fourth-order valence-electron chi connectivity index (χ4n) is 5.17. The summed E-state index contributed by atoms with van der Waals surface area (Å²) in [7, 11) is 0. The van der Waals surface area contributed by atoms with Crippen molar-refractivity contribution in [1.82, 2.24) is 9.88 Å². The van der Waals surface area contributed by atoms with Crippen molar-refractivity contribution in [2.45, 2.75) is 64.6 Å². The predicted molar refractivity (Wildman–Crippen MR) is 126 cm³/mol.